The lowest BCUT2D eigenvalue weighted by Gasteiger charge is -2.11. The van der Waals surface area contributed by atoms with Crippen molar-refractivity contribution < 1.29 is 31.4 Å². The number of methoxy groups -OCH3 is 1. The molecule has 0 N–H and O–H groups in total. The van der Waals surface area contributed by atoms with E-state index >= 15 is 0 Å². The van der Waals surface area contributed by atoms with Gasteiger partial charge in [0.05, 0.1) is 12.2 Å². The van der Waals surface area contributed by atoms with Crippen molar-refractivity contribution in [2.24, 2.45) is 0 Å². The highest BCUT2D eigenvalue weighted by Crippen LogP contribution is 2.33. The molecule has 0 heterocycles. The third-order valence-corrected chi connectivity index (χ3v) is 2.77. The van der Waals surface area contributed by atoms with Crippen LogP contribution < -0.4 is 4.74 Å². The molecule has 0 saturated heterocycles. The molecule has 7 heteroatoms. The van der Waals surface area contributed by atoms with Gasteiger partial charge in [0, 0.05) is 7.11 Å². The predicted octanol–water partition coefficient (Wildman–Crippen LogP) is 4.92. The normalized spacial score (nSPS) is 11.5. The molecular formula is C15H11F5O2. The highest BCUT2D eigenvalue weighted by molar-refractivity contribution is 5.37. The molecule has 0 fully saturated rings. The molecule has 0 aliphatic rings. The Balaban J connectivity index is 2.24. The van der Waals surface area contributed by atoms with E-state index in [1.807, 2.05) is 0 Å². The maximum Gasteiger partial charge on any atom is 0.416 e. The number of benzene rings is 2. The molecule has 0 atom stereocenters. The van der Waals surface area contributed by atoms with E-state index in [0.717, 1.165) is 36.4 Å². The first-order chi connectivity index (χ1) is 10.3. The van der Waals surface area contributed by atoms with Crippen molar-refractivity contribution in [3.63, 3.8) is 0 Å². The SMILES string of the molecule is COCc1cc(F)c(Oc2ccc(C(F)(F)F)cc2)c(F)c1. The van der Waals surface area contributed by atoms with Crippen LogP contribution in [0.3, 0.4) is 0 Å². The minimum Gasteiger partial charge on any atom is -0.451 e. The topological polar surface area (TPSA) is 18.5 Å². The maximum absolute atomic E-state index is 13.8. The monoisotopic (exact) mass is 318 g/mol. The van der Waals surface area contributed by atoms with E-state index in [4.69, 9.17) is 9.47 Å². The van der Waals surface area contributed by atoms with Gasteiger partial charge in [-0.3, -0.25) is 0 Å². The van der Waals surface area contributed by atoms with Gasteiger partial charge in [0.15, 0.2) is 17.4 Å². The Morgan fingerprint density at radius 1 is 0.955 bits per heavy atom. The van der Waals surface area contributed by atoms with E-state index < -0.39 is 29.1 Å². The van der Waals surface area contributed by atoms with E-state index in [9.17, 15) is 22.0 Å². The predicted molar refractivity (Wildman–Crippen MR) is 68.6 cm³/mol. The summed E-state index contributed by atoms with van der Waals surface area (Å²) in [6.45, 7) is 0.0222. The smallest absolute Gasteiger partial charge is 0.416 e. The average molecular weight is 318 g/mol. The van der Waals surface area contributed by atoms with E-state index in [1.165, 1.54) is 7.11 Å². The van der Waals surface area contributed by atoms with Gasteiger partial charge >= 0.3 is 6.18 Å². The van der Waals surface area contributed by atoms with E-state index in [1.54, 1.807) is 0 Å². The number of hydrogen-bond acceptors (Lipinski definition) is 2. The molecule has 0 aromatic heterocycles. The summed E-state index contributed by atoms with van der Waals surface area (Å²) < 4.78 is 74.6. The van der Waals surface area contributed by atoms with Gasteiger partial charge in [-0.1, -0.05) is 0 Å². The maximum atomic E-state index is 13.8. The molecule has 0 unspecified atom stereocenters. The van der Waals surface area contributed by atoms with Crippen molar-refractivity contribution in [1.29, 1.82) is 0 Å². The fourth-order valence-corrected chi connectivity index (χ4v) is 1.79. The molecule has 0 spiro atoms. The lowest BCUT2D eigenvalue weighted by molar-refractivity contribution is -0.137. The second-order valence-electron chi connectivity index (χ2n) is 4.45. The van der Waals surface area contributed by atoms with Gasteiger partial charge < -0.3 is 9.47 Å². The Labute approximate surface area is 123 Å². The number of hydrogen-bond donors (Lipinski definition) is 0. The minimum atomic E-state index is -4.49. The first-order valence-corrected chi connectivity index (χ1v) is 6.13. The summed E-state index contributed by atoms with van der Waals surface area (Å²) in [5.41, 5.74) is -0.603. The zero-order chi connectivity index (χ0) is 16.3. The molecular weight excluding hydrogens is 307 g/mol. The Morgan fingerprint density at radius 2 is 1.50 bits per heavy atom. The van der Waals surface area contributed by atoms with Gasteiger partial charge in [-0.05, 0) is 42.0 Å². The Bertz CT molecular complexity index is 627. The third-order valence-electron chi connectivity index (χ3n) is 2.77. The van der Waals surface area contributed by atoms with Gasteiger partial charge in [0.1, 0.15) is 5.75 Å². The first-order valence-electron chi connectivity index (χ1n) is 6.13. The molecule has 2 aromatic carbocycles. The van der Waals surface area contributed by atoms with Crippen LogP contribution in [0, 0.1) is 11.6 Å². The number of halogens is 5. The third kappa shape index (κ3) is 3.73. The zero-order valence-electron chi connectivity index (χ0n) is 11.4. The van der Waals surface area contributed by atoms with Gasteiger partial charge in [0.2, 0.25) is 0 Å². The van der Waals surface area contributed by atoms with E-state index in [0.29, 0.717) is 0 Å². The first kappa shape index (κ1) is 16.2. The van der Waals surface area contributed by atoms with Crippen molar-refractivity contribution in [3.05, 3.63) is 59.2 Å². The molecule has 0 saturated carbocycles. The fourth-order valence-electron chi connectivity index (χ4n) is 1.79. The molecule has 2 nitrogen and oxygen atoms in total. The van der Waals surface area contributed by atoms with Gasteiger partial charge in [-0.15, -0.1) is 0 Å². The molecule has 0 amide bonds. The van der Waals surface area contributed by atoms with E-state index in [-0.39, 0.29) is 17.9 Å². The summed E-state index contributed by atoms with van der Waals surface area (Å²) in [5, 5.41) is 0. The van der Waals surface area contributed by atoms with Crippen LogP contribution in [0.15, 0.2) is 36.4 Å². The van der Waals surface area contributed by atoms with Crippen molar-refractivity contribution in [2.75, 3.05) is 7.11 Å². The number of alkyl halides is 3. The van der Waals surface area contributed by atoms with Crippen LogP contribution in [0.5, 0.6) is 11.5 Å². The molecule has 0 aliphatic carbocycles. The van der Waals surface area contributed by atoms with Crippen LogP contribution in [0.25, 0.3) is 0 Å². The highest BCUT2D eigenvalue weighted by atomic mass is 19.4. The molecule has 0 bridgehead atoms. The summed E-state index contributed by atoms with van der Waals surface area (Å²) in [7, 11) is 1.38. The van der Waals surface area contributed by atoms with Crippen LogP contribution in [0.4, 0.5) is 22.0 Å². The van der Waals surface area contributed by atoms with Crippen molar-refractivity contribution >= 4 is 0 Å². The molecule has 0 radical (unpaired) electrons. The second-order valence-corrected chi connectivity index (χ2v) is 4.45. The summed E-state index contributed by atoms with van der Waals surface area (Å²) in [4.78, 5) is 0. The lowest BCUT2D eigenvalue weighted by Crippen LogP contribution is -2.04. The summed E-state index contributed by atoms with van der Waals surface area (Å²) in [5.74, 6) is -2.72. The average Bonchev–Trinajstić information content (AvgIpc) is 2.43. The second kappa shape index (κ2) is 6.31. The standard InChI is InChI=1S/C15H11F5O2/c1-21-8-9-6-12(16)14(13(17)7-9)22-11-4-2-10(3-5-11)15(18,19)20/h2-7H,8H2,1H3. The zero-order valence-corrected chi connectivity index (χ0v) is 11.4. The largest absolute Gasteiger partial charge is 0.451 e. The van der Waals surface area contributed by atoms with Gasteiger partial charge in [-0.25, -0.2) is 8.78 Å². The van der Waals surface area contributed by atoms with Crippen molar-refractivity contribution in [3.8, 4) is 11.5 Å². The minimum absolute atomic E-state index is 0.0222. The number of rotatable bonds is 4. The molecule has 0 aliphatic heterocycles. The van der Waals surface area contributed by atoms with Crippen LogP contribution in [0.2, 0.25) is 0 Å². The summed E-state index contributed by atoms with van der Waals surface area (Å²) in [6, 6.07) is 5.59. The van der Waals surface area contributed by atoms with Crippen LogP contribution >= 0.6 is 0 Å². The number of ether oxygens (including phenoxy) is 2. The van der Waals surface area contributed by atoms with Crippen LogP contribution in [0.1, 0.15) is 11.1 Å². The van der Waals surface area contributed by atoms with Gasteiger partial charge in [-0.2, -0.15) is 13.2 Å². The van der Waals surface area contributed by atoms with Gasteiger partial charge in [0.25, 0.3) is 0 Å². The summed E-state index contributed by atoms with van der Waals surface area (Å²) >= 11 is 0. The van der Waals surface area contributed by atoms with Crippen LogP contribution in [-0.2, 0) is 17.5 Å². The highest BCUT2D eigenvalue weighted by Gasteiger charge is 2.30. The summed E-state index contributed by atoms with van der Waals surface area (Å²) in [6.07, 6.45) is -4.49. The Hall–Kier alpha value is -2.15. The Kier molecular flexibility index (Phi) is 4.65. The molecule has 2 rings (SSSR count). The Morgan fingerprint density at radius 3 is 1.95 bits per heavy atom. The van der Waals surface area contributed by atoms with Crippen LogP contribution in [-0.4, -0.2) is 7.11 Å². The van der Waals surface area contributed by atoms with E-state index in [2.05, 4.69) is 0 Å². The quantitative estimate of drug-likeness (QED) is 0.745. The van der Waals surface area contributed by atoms with Crippen molar-refractivity contribution in [2.45, 2.75) is 12.8 Å². The lowest BCUT2D eigenvalue weighted by atomic mass is 10.2. The fraction of sp³-hybridized carbons (Fsp3) is 0.200. The molecule has 22 heavy (non-hydrogen) atoms. The molecule has 2 aromatic rings. The van der Waals surface area contributed by atoms with Crippen molar-refractivity contribution in [1.82, 2.24) is 0 Å². The molecule has 118 valence electrons.